The van der Waals surface area contributed by atoms with Crippen LogP contribution in [0.3, 0.4) is 0 Å². The molecule has 0 atom stereocenters. The van der Waals surface area contributed by atoms with Crippen molar-refractivity contribution < 1.29 is 8.78 Å². The maximum Gasteiger partial charge on any atom is 0.160 e. The van der Waals surface area contributed by atoms with Crippen molar-refractivity contribution >= 4 is 23.0 Å². The van der Waals surface area contributed by atoms with Gasteiger partial charge in [-0.2, -0.15) is 5.26 Å². The van der Waals surface area contributed by atoms with Crippen LogP contribution in [0.4, 0.5) is 31.8 Å². The number of halogens is 2. The molecule has 0 spiro atoms. The Bertz CT molecular complexity index is 966. The van der Waals surface area contributed by atoms with Crippen LogP contribution in [0.15, 0.2) is 48.5 Å². The van der Waals surface area contributed by atoms with Crippen molar-refractivity contribution in [2.45, 2.75) is 6.92 Å². The lowest BCUT2D eigenvalue weighted by molar-refractivity contribution is 0.509. The maximum atomic E-state index is 13.3. The van der Waals surface area contributed by atoms with Crippen LogP contribution in [0, 0.1) is 29.9 Å². The summed E-state index contributed by atoms with van der Waals surface area (Å²) in [6.07, 6.45) is 0. The van der Waals surface area contributed by atoms with Crippen molar-refractivity contribution in [2.75, 3.05) is 10.6 Å². The molecule has 0 radical (unpaired) electrons. The van der Waals surface area contributed by atoms with E-state index in [4.69, 9.17) is 5.26 Å². The molecule has 0 fully saturated rings. The molecule has 0 aliphatic heterocycles. The van der Waals surface area contributed by atoms with Gasteiger partial charge in [0.1, 0.15) is 17.5 Å². The van der Waals surface area contributed by atoms with Gasteiger partial charge in [0.2, 0.25) is 0 Å². The SMILES string of the molecule is Cc1nc(Nc2cccc(C#N)c2)cc(Nc2ccc(F)c(F)c2)n1. The molecular weight excluding hydrogens is 324 g/mol. The summed E-state index contributed by atoms with van der Waals surface area (Å²) in [7, 11) is 0. The summed E-state index contributed by atoms with van der Waals surface area (Å²) in [6.45, 7) is 1.72. The van der Waals surface area contributed by atoms with E-state index in [0.29, 0.717) is 34.4 Å². The van der Waals surface area contributed by atoms with Crippen LogP contribution in [0.2, 0.25) is 0 Å². The van der Waals surface area contributed by atoms with Gasteiger partial charge in [-0.3, -0.25) is 0 Å². The van der Waals surface area contributed by atoms with E-state index in [0.717, 1.165) is 12.1 Å². The summed E-state index contributed by atoms with van der Waals surface area (Å²) in [6, 6.07) is 14.2. The van der Waals surface area contributed by atoms with Gasteiger partial charge in [-0.25, -0.2) is 18.7 Å². The van der Waals surface area contributed by atoms with Crippen LogP contribution in [0.5, 0.6) is 0 Å². The molecule has 7 heteroatoms. The number of hydrogen-bond donors (Lipinski definition) is 2. The number of nitriles is 1. The van der Waals surface area contributed by atoms with Crippen LogP contribution in [-0.4, -0.2) is 9.97 Å². The monoisotopic (exact) mass is 337 g/mol. The Labute approximate surface area is 143 Å². The molecule has 0 saturated heterocycles. The number of benzene rings is 2. The lowest BCUT2D eigenvalue weighted by Crippen LogP contribution is -2.02. The van der Waals surface area contributed by atoms with E-state index in [1.54, 1.807) is 37.3 Å². The highest BCUT2D eigenvalue weighted by Crippen LogP contribution is 2.22. The van der Waals surface area contributed by atoms with Crippen molar-refractivity contribution in [2.24, 2.45) is 0 Å². The number of aromatic nitrogens is 2. The molecule has 0 unspecified atom stereocenters. The van der Waals surface area contributed by atoms with Crippen LogP contribution < -0.4 is 10.6 Å². The van der Waals surface area contributed by atoms with Crippen molar-refractivity contribution in [3.05, 3.63) is 71.6 Å². The topological polar surface area (TPSA) is 73.6 Å². The Hall–Kier alpha value is -3.53. The summed E-state index contributed by atoms with van der Waals surface area (Å²) in [5.41, 5.74) is 1.60. The predicted molar refractivity (Wildman–Crippen MR) is 90.8 cm³/mol. The standard InChI is InChI=1S/C18H13F2N5/c1-11-22-17(24-13-4-2-3-12(7-13)10-21)9-18(23-11)25-14-5-6-15(19)16(20)8-14/h2-9H,1H3,(H2,22,23,24,25). The molecular formula is C18H13F2N5. The second-order valence-electron chi connectivity index (χ2n) is 5.26. The van der Waals surface area contributed by atoms with Crippen molar-refractivity contribution in [1.29, 1.82) is 5.26 Å². The van der Waals surface area contributed by atoms with Gasteiger partial charge in [-0.1, -0.05) is 6.07 Å². The summed E-state index contributed by atoms with van der Waals surface area (Å²) >= 11 is 0. The van der Waals surface area contributed by atoms with Gasteiger partial charge in [0, 0.05) is 23.5 Å². The van der Waals surface area contributed by atoms with E-state index in [1.165, 1.54) is 6.07 Å². The second kappa shape index (κ2) is 6.93. The van der Waals surface area contributed by atoms with Crippen molar-refractivity contribution in [3.8, 4) is 6.07 Å². The number of aryl methyl sites for hydroxylation is 1. The zero-order valence-corrected chi connectivity index (χ0v) is 13.2. The van der Waals surface area contributed by atoms with E-state index in [2.05, 4.69) is 26.7 Å². The first-order chi connectivity index (χ1) is 12.0. The fourth-order valence-electron chi connectivity index (χ4n) is 2.23. The Morgan fingerprint density at radius 1 is 0.880 bits per heavy atom. The fourth-order valence-corrected chi connectivity index (χ4v) is 2.23. The van der Waals surface area contributed by atoms with Gasteiger partial charge in [-0.05, 0) is 37.3 Å². The Balaban J connectivity index is 1.84. The van der Waals surface area contributed by atoms with Gasteiger partial charge < -0.3 is 10.6 Å². The van der Waals surface area contributed by atoms with Crippen LogP contribution in [0.1, 0.15) is 11.4 Å². The Morgan fingerprint density at radius 2 is 1.56 bits per heavy atom. The number of anilines is 4. The molecule has 0 bridgehead atoms. The fraction of sp³-hybridized carbons (Fsp3) is 0.0556. The lowest BCUT2D eigenvalue weighted by Gasteiger charge is -2.10. The third-order valence-electron chi connectivity index (χ3n) is 3.29. The van der Waals surface area contributed by atoms with Crippen molar-refractivity contribution in [1.82, 2.24) is 9.97 Å². The average Bonchev–Trinajstić information content (AvgIpc) is 2.58. The predicted octanol–water partition coefficient (Wildman–Crippen LogP) is 4.42. The smallest absolute Gasteiger partial charge is 0.160 e. The molecule has 5 nitrogen and oxygen atoms in total. The average molecular weight is 337 g/mol. The molecule has 0 amide bonds. The number of rotatable bonds is 4. The lowest BCUT2D eigenvalue weighted by atomic mass is 10.2. The van der Waals surface area contributed by atoms with E-state index in [1.807, 2.05) is 0 Å². The highest BCUT2D eigenvalue weighted by Gasteiger charge is 2.06. The molecule has 3 rings (SSSR count). The minimum absolute atomic E-state index is 0.370. The van der Waals surface area contributed by atoms with Crippen LogP contribution in [0.25, 0.3) is 0 Å². The molecule has 3 aromatic rings. The van der Waals surface area contributed by atoms with Crippen molar-refractivity contribution in [3.63, 3.8) is 0 Å². The quantitative estimate of drug-likeness (QED) is 0.737. The molecule has 2 N–H and O–H groups in total. The Kier molecular flexibility index (Phi) is 4.53. The maximum absolute atomic E-state index is 13.3. The minimum atomic E-state index is -0.942. The molecule has 124 valence electrons. The number of hydrogen-bond acceptors (Lipinski definition) is 5. The highest BCUT2D eigenvalue weighted by atomic mass is 19.2. The first kappa shape index (κ1) is 16.3. The molecule has 0 aliphatic carbocycles. The number of nitrogens with one attached hydrogen (secondary N) is 2. The summed E-state index contributed by atoms with van der Waals surface area (Å²) in [5, 5.41) is 15.0. The van der Waals surface area contributed by atoms with Crippen LogP contribution in [-0.2, 0) is 0 Å². The van der Waals surface area contributed by atoms with E-state index in [9.17, 15) is 8.78 Å². The third kappa shape index (κ3) is 4.06. The summed E-state index contributed by atoms with van der Waals surface area (Å²) < 4.78 is 26.3. The van der Waals surface area contributed by atoms with Gasteiger partial charge in [0.05, 0.1) is 11.6 Å². The third-order valence-corrected chi connectivity index (χ3v) is 3.29. The molecule has 2 aromatic carbocycles. The highest BCUT2D eigenvalue weighted by molar-refractivity contribution is 5.64. The summed E-state index contributed by atoms with van der Waals surface area (Å²) in [5.74, 6) is -0.428. The van der Waals surface area contributed by atoms with E-state index < -0.39 is 11.6 Å². The Morgan fingerprint density at radius 3 is 2.20 bits per heavy atom. The van der Waals surface area contributed by atoms with Gasteiger partial charge in [0.25, 0.3) is 0 Å². The minimum Gasteiger partial charge on any atom is -0.340 e. The molecule has 0 saturated carbocycles. The van der Waals surface area contributed by atoms with Gasteiger partial charge >= 0.3 is 0 Å². The zero-order valence-electron chi connectivity index (χ0n) is 13.2. The van der Waals surface area contributed by atoms with E-state index in [-0.39, 0.29) is 0 Å². The second-order valence-corrected chi connectivity index (χ2v) is 5.26. The molecule has 0 aliphatic rings. The number of nitrogens with zero attached hydrogens (tertiary/aromatic N) is 3. The first-order valence-corrected chi connectivity index (χ1v) is 7.38. The van der Waals surface area contributed by atoms with Gasteiger partial charge in [0.15, 0.2) is 11.6 Å². The molecule has 25 heavy (non-hydrogen) atoms. The molecule has 1 heterocycles. The summed E-state index contributed by atoms with van der Waals surface area (Å²) in [4.78, 5) is 8.50. The largest absolute Gasteiger partial charge is 0.340 e. The van der Waals surface area contributed by atoms with Gasteiger partial charge in [-0.15, -0.1) is 0 Å². The molecule has 1 aromatic heterocycles. The zero-order chi connectivity index (χ0) is 17.8. The normalized spacial score (nSPS) is 10.2. The van der Waals surface area contributed by atoms with E-state index >= 15 is 0 Å². The van der Waals surface area contributed by atoms with Crippen LogP contribution >= 0.6 is 0 Å². The first-order valence-electron chi connectivity index (χ1n) is 7.38.